The number of nitrogens with one attached hydrogen (secondary N) is 2. The van der Waals surface area contributed by atoms with E-state index in [9.17, 15) is 9.59 Å². The maximum absolute atomic E-state index is 12.1. The van der Waals surface area contributed by atoms with Gasteiger partial charge >= 0.3 is 0 Å². The molecule has 1 aromatic heterocycles. The fourth-order valence-electron chi connectivity index (χ4n) is 1.96. The van der Waals surface area contributed by atoms with Crippen LogP contribution in [-0.4, -0.2) is 30.5 Å². The van der Waals surface area contributed by atoms with E-state index in [1.807, 2.05) is 0 Å². The molecule has 0 saturated carbocycles. The zero-order chi connectivity index (χ0) is 15.5. The van der Waals surface area contributed by atoms with E-state index < -0.39 is 0 Å². The van der Waals surface area contributed by atoms with Crippen molar-refractivity contribution in [1.82, 2.24) is 4.98 Å². The van der Waals surface area contributed by atoms with Gasteiger partial charge in [0, 0.05) is 5.56 Å². The summed E-state index contributed by atoms with van der Waals surface area (Å²) in [6.07, 6.45) is 0. The molecule has 7 nitrogen and oxygen atoms in total. The molecule has 1 aromatic carbocycles. The van der Waals surface area contributed by atoms with Crippen LogP contribution in [0.5, 0.6) is 11.5 Å². The van der Waals surface area contributed by atoms with E-state index in [2.05, 4.69) is 15.6 Å². The quantitative estimate of drug-likeness (QED) is 0.900. The first-order valence-electron chi connectivity index (χ1n) is 6.55. The number of fused-ring (bicyclic) bond motifs is 1. The molecule has 0 atom stereocenters. The van der Waals surface area contributed by atoms with Gasteiger partial charge in [0.25, 0.3) is 11.8 Å². The molecule has 112 valence electrons. The number of aromatic nitrogens is 1. The van der Waals surface area contributed by atoms with Gasteiger partial charge in [-0.1, -0.05) is 0 Å². The zero-order valence-electron chi connectivity index (χ0n) is 11.8. The van der Waals surface area contributed by atoms with Crippen LogP contribution in [0.1, 0.15) is 10.4 Å². The first-order chi connectivity index (χ1) is 10.7. The topological polar surface area (TPSA) is 89.5 Å². The van der Waals surface area contributed by atoms with Crippen molar-refractivity contribution in [3.8, 4) is 11.5 Å². The predicted octanol–water partition coefficient (Wildman–Crippen LogP) is 1.67. The average Bonchev–Trinajstić information content (AvgIpc) is 2.54. The normalized spacial score (nSPS) is 12.7. The lowest BCUT2D eigenvalue weighted by atomic mass is 10.2. The van der Waals surface area contributed by atoms with E-state index in [0.717, 1.165) is 0 Å². The van der Waals surface area contributed by atoms with E-state index in [1.54, 1.807) is 43.5 Å². The SMILES string of the molecule is COc1ccc(C(=O)Nc2ccc3c(n2)NC(=O)CO3)cc1. The fraction of sp³-hybridized carbons (Fsp3) is 0.133. The number of hydrogen-bond acceptors (Lipinski definition) is 5. The number of benzene rings is 1. The number of ether oxygens (including phenoxy) is 2. The Hall–Kier alpha value is -3.09. The van der Waals surface area contributed by atoms with Crippen molar-refractivity contribution in [3.63, 3.8) is 0 Å². The van der Waals surface area contributed by atoms with E-state index in [4.69, 9.17) is 9.47 Å². The number of pyridine rings is 1. The minimum Gasteiger partial charge on any atom is -0.497 e. The van der Waals surface area contributed by atoms with E-state index >= 15 is 0 Å². The Balaban J connectivity index is 1.76. The summed E-state index contributed by atoms with van der Waals surface area (Å²) >= 11 is 0. The molecule has 2 amide bonds. The minimum atomic E-state index is -0.307. The number of rotatable bonds is 3. The van der Waals surface area contributed by atoms with Gasteiger partial charge in [0.15, 0.2) is 18.2 Å². The van der Waals surface area contributed by atoms with Crippen LogP contribution < -0.4 is 20.1 Å². The Morgan fingerprint density at radius 3 is 2.77 bits per heavy atom. The Morgan fingerprint density at radius 2 is 2.05 bits per heavy atom. The van der Waals surface area contributed by atoms with Crippen LogP contribution in [-0.2, 0) is 4.79 Å². The van der Waals surface area contributed by atoms with E-state index in [-0.39, 0.29) is 18.4 Å². The summed E-state index contributed by atoms with van der Waals surface area (Å²) in [5.74, 6) is 1.18. The number of carbonyl (C=O) groups is 2. The monoisotopic (exact) mass is 299 g/mol. The summed E-state index contributed by atoms with van der Waals surface area (Å²) in [7, 11) is 1.56. The molecule has 0 fully saturated rings. The molecule has 2 heterocycles. The molecular formula is C15H13N3O4. The van der Waals surface area contributed by atoms with Gasteiger partial charge in [0.05, 0.1) is 7.11 Å². The number of nitrogens with zero attached hydrogens (tertiary/aromatic N) is 1. The highest BCUT2D eigenvalue weighted by Gasteiger charge is 2.18. The number of anilines is 2. The van der Waals surface area contributed by atoms with E-state index in [0.29, 0.717) is 28.7 Å². The molecule has 0 spiro atoms. The number of carbonyl (C=O) groups excluding carboxylic acids is 2. The van der Waals surface area contributed by atoms with Crippen molar-refractivity contribution < 1.29 is 19.1 Å². The second-order valence-electron chi connectivity index (χ2n) is 4.56. The molecule has 3 rings (SSSR count). The van der Waals surface area contributed by atoms with Crippen molar-refractivity contribution in [3.05, 3.63) is 42.0 Å². The van der Waals surface area contributed by atoms with E-state index in [1.165, 1.54) is 0 Å². The van der Waals surface area contributed by atoms with Crippen LogP contribution in [0, 0.1) is 0 Å². The molecule has 1 aliphatic heterocycles. The highest BCUT2D eigenvalue weighted by molar-refractivity contribution is 6.04. The van der Waals surface area contributed by atoms with Crippen molar-refractivity contribution in [2.45, 2.75) is 0 Å². The molecule has 1 aliphatic rings. The second kappa shape index (κ2) is 5.72. The smallest absolute Gasteiger partial charge is 0.263 e. The summed E-state index contributed by atoms with van der Waals surface area (Å²) in [6, 6.07) is 9.95. The highest BCUT2D eigenvalue weighted by Crippen LogP contribution is 2.27. The zero-order valence-corrected chi connectivity index (χ0v) is 11.8. The van der Waals surface area contributed by atoms with Gasteiger partial charge in [0.2, 0.25) is 0 Å². The highest BCUT2D eigenvalue weighted by atomic mass is 16.5. The number of methoxy groups -OCH3 is 1. The fourth-order valence-corrected chi connectivity index (χ4v) is 1.96. The van der Waals surface area contributed by atoms with Crippen LogP contribution in [0.15, 0.2) is 36.4 Å². The third-order valence-electron chi connectivity index (χ3n) is 3.07. The average molecular weight is 299 g/mol. The summed E-state index contributed by atoms with van der Waals surface area (Å²) in [4.78, 5) is 27.6. The van der Waals surface area contributed by atoms with Crippen molar-refractivity contribution in [2.24, 2.45) is 0 Å². The first-order valence-corrected chi connectivity index (χ1v) is 6.55. The van der Waals surface area contributed by atoms with Crippen LogP contribution in [0.25, 0.3) is 0 Å². The summed E-state index contributed by atoms with van der Waals surface area (Å²) in [6.45, 7) is -0.0355. The maximum Gasteiger partial charge on any atom is 0.263 e. The molecule has 0 aliphatic carbocycles. The van der Waals surface area contributed by atoms with Gasteiger partial charge in [-0.3, -0.25) is 9.59 Å². The molecule has 22 heavy (non-hydrogen) atoms. The molecule has 2 N–H and O–H groups in total. The van der Waals surface area contributed by atoms with Crippen LogP contribution >= 0.6 is 0 Å². The third-order valence-corrected chi connectivity index (χ3v) is 3.07. The molecular weight excluding hydrogens is 286 g/mol. The maximum atomic E-state index is 12.1. The van der Waals surface area contributed by atoms with Gasteiger partial charge < -0.3 is 20.1 Å². The van der Waals surface area contributed by atoms with Crippen molar-refractivity contribution in [2.75, 3.05) is 24.4 Å². The number of amides is 2. The third kappa shape index (κ3) is 2.83. The molecule has 0 radical (unpaired) electrons. The largest absolute Gasteiger partial charge is 0.497 e. The van der Waals surface area contributed by atoms with Crippen molar-refractivity contribution in [1.29, 1.82) is 0 Å². The molecule has 7 heteroatoms. The van der Waals surface area contributed by atoms with Crippen molar-refractivity contribution >= 4 is 23.5 Å². The Bertz CT molecular complexity index is 728. The Morgan fingerprint density at radius 1 is 1.27 bits per heavy atom. The van der Waals surface area contributed by atoms with Gasteiger partial charge in [0.1, 0.15) is 11.6 Å². The minimum absolute atomic E-state index is 0.0355. The molecule has 0 unspecified atom stereocenters. The van der Waals surface area contributed by atoms with Crippen LogP contribution in [0.4, 0.5) is 11.6 Å². The summed E-state index contributed by atoms with van der Waals surface area (Å²) in [5, 5.41) is 5.25. The molecule has 0 bridgehead atoms. The standard InChI is InChI=1S/C15H13N3O4/c1-21-10-4-2-9(3-5-10)15(20)17-12-7-6-11-14(16-12)18-13(19)8-22-11/h2-7H,8H2,1H3,(H2,16,17,18,19,20). The van der Waals surface area contributed by atoms with Crippen LogP contribution in [0.2, 0.25) is 0 Å². The van der Waals surface area contributed by atoms with Gasteiger partial charge in [-0.2, -0.15) is 0 Å². The Labute approximate surface area is 126 Å². The first kappa shape index (κ1) is 13.9. The van der Waals surface area contributed by atoms with Gasteiger partial charge in [-0.15, -0.1) is 0 Å². The second-order valence-corrected chi connectivity index (χ2v) is 4.56. The lowest BCUT2D eigenvalue weighted by Gasteiger charge is -2.17. The lowest BCUT2D eigenvalue weighted by molar-refractivity contribution is -0.118. The summed E-state index contributed by atoms with van der Waals surface area (Å²) < 4.78 is 10.2. The Kier molecular flexibility index (Phi) is 3.61. The molecule has 0 saturated heterocycles. The predicted molar refractivity (Wildman–Crippen MR) is 79.3 cm³/mol. The summed E-state index contributed by atoms with van der Waals surface area (Å²) in [5.41, 5.74) is 0.473. The molecule has 2 aromatic rings. The van der Waals surface area contributed by atoms with Gasteiger partial charge in [-0.25, -0.2) is 4.98 Å². The lowest BCUT2D eigenvalue weighted by Crippen LogP contribution is -2.26. The van der Waals surface area contributed by atoms with Gasteiger partial charge in [-0.05, 0) is 36.4 Å². The van der Waals surface area contributed by atoms with Crippen LogP contribution in [0.3, 0.4) is 0 Å². The number of hydrogen-bond donors (Lipinski definition) is 2.